The first-order valence-electron chi connectivity index (χ1n) is 5.75. The normalized spacial score (nSPS) is 10.8. The predicted molar refractivity (Wildman–Crippen MR) is 65.6 cm³/mol. The molecule has 0 unspecified atom stereocenters. The van der Waals surface area contributed by atoms with Crippen LogP contribution in [-0.2, 0) is 19.6 Å². The molecule has 2 aromatic heterocycles. The molecule has 0 atom stereocenters. The molecule has 0 bridgehead atoms. The summed E-state index contributed by atoms with van der Waals surface area (Å²) in [6, 6.07) is 4.03. The Balaban J connectivity index is 2.10. The van der Waals surface area contributed by atoms with Crippen molar-refractivity contribution in [3.63, 3.8) is 0 Å². The third-order valence-electron chi connectivity index (χ3n) is 3.05. The number of rotatable bonds is 4. The van der Waals surface area contributed by atoms with Gasteiger partial charge in [-0.25, -0.2) is 0 Å². The molecule has 0 saturated heterocycles. The Morgan fingerprint density at radius 2 is 1.94 bits per heavy atom. The maximum Gasteiger partial charge on any atom is 0.0718 e. The van der Waals surface area contributed by atoms with Gasteiger partial charge in [0.1, 0.15) is 0 Å². The van der Waals surface area contributed by atoms with Gasteiger partial charge >= 0.3 is 0 Å². The number of aliphatic hydroxyl groups excluding tert-OH is 1. The molecule has 2 rings (SSSR count). The van der Waals surface area contributed by atoms with Gasteiger partial charge in [0.05, 0.1) is 12.3 Å². The molecule has 0 spiro atoms. The van der Waals surface area contributed by atoms with Crippen molar-refractivity contribution >= 4 is 0 Å². The summed E-state index contributed by atoms with van der Waals surface area (Å²) in [5.41, 5.74) is 4.16. The Morgan fingerprint density at radius 1 is 1.24 bits per heavy atom. The Kier molecular flexibility index (Phi) is 3.54. The third-order valence-corrected chi connectivity index (χ3v) is 3.05. The van der Waals surface area contributed by atoms with Crippen LogP contribution in [0.1, 0.15) is 22.5 Å². The summed E-state index contributed by atoms with van der Waals surface area (Å²) in [6.45, 7) is 4.82. The van der Waals surface area contributed by atoms with Crippen molar-refractivity contribution in [2.45, 2.75) is 33.4 Å². The summed E-state index contributed by atoms with van der Waals surface area (Å²) in [5.74, 6) is 0. The summed E-state index contributed by atoms with van der Waals surface area (Å²) in [4.78, 5) is 3.99. The van der Waals surface area contributed by atoms with Gasteiger partial charge in [-0.1, -0.05) is 0 Å². The van der Waals surface area contributed by atoms with Crippen LogP contribution in [0.3, 0.4) is 0 Å². The van der Waals surface area contributed by atoms with E-state index in [1.54, 1.807) is 12.4 Å². The first-order chi connectivity index (χ1) is 8.22. The highest BCUT2D eigenvalue weighted by Gasteiger charge is 2.09. The zero-order chi connectivity index (χ0) is 12.3. The number of pyridine rings is 1. The fraction of sp³-hybridized carbons (Fsp3) is 0.385. The molecule has 17 heavy (non-hydrogen) atoms. The van der Waals surface area contributed by atoms with E-state index in [1.807, 2.05) is 30.7 Å². The molecule has 4 heteroatoms. The molecule has 4 nitrogen and oxygen atoms in total. The first-order valence-corrected chi connectivity index (χ1v) is 5.75. The molecule has 0 fully saturated rings. The van der Waals surface area contributed by atoms with E-state index in [1.165, 1.54) is 5.56 Å². The SMILES string of the molecule is Cc1nn(CCc2ccncc2)c(C)c1CO. The molecule has 90 valence electrons. The smallest absolute Gasteiger partial charge is 0.0718 e. The van der Waals surface area contributed by atoms with Crippen molar-refractivity contribution in [3.05, 3.63) is 47.0 Å². The van der Waals surface area contributed by atoms with Gasteiger partial charge in [0.2, 0.25) is 0 Å². The average Bonchev–Trinajstić information content (AvgIpc) is 2.63. The van der Waals surface area contributed by atoms with Crippen LogP contribution in [0, 0.1) is 13.8 Å². The van der Waals surface area contributed by atoms with Crippen molar-refractivity contribution in [3.8, 4) is 0 Å². The topological polar surface area (TPSA) is 50.9 Å². The van der Waals surface area contributed by atoms with E-state index < -0.39 is 0 Å². The molecule has 0 aromatic carbocycles. The fourth-order valence-electron chi connectivity index (χ4n) is 1.96. The molecule has 0 aliphatic heterocycles. The van der Waals surface area contributed by atoms with Crippen LogP contribution >= 0.6 is 0 Å². The van der Waals surface area contributed by atoms with Crippen LogP contribution in [0.25, 0.3) is 0 Å². The highest BCUT2D eigenvalue weighted by molar-refractivity contribution is 5.23. The third kappa shape index (κ3) is 2.53. The zero-order valence-corrected chi connectivity index (χ0v) is 10.2. The van der Waals surface area contributed by atoms with Gasteiger partial charge in [-0.15, -0.1) is 0 Å². The first kappa shape index (κ1) is 11.8. The van der Waals surface area contributed by atoms with Crippen molar-refractivity contribution in [1.29, 1.82) is 0 Å². The number of hydrogen-bond acceptors (Lipinski definition) is 3. The van der Waals surface area contributed by atoms with E-state index in [0.29, 0.717) is 0 Å². The van der Waals surface area contributed by atoms with Crippen molar-refractivity contribution < 1.29 is 5.11 Å². The van der Waals surface area contributed by atoms with Crippen molar-refractivity contribution in [2.75, 3.05) is 0 Å². The Hall–Kier alpha value is -1.68. The lowest BCUT2D eigenvalue weighted by molar-refractivity contribution is 0.280. The van der Waals surface area contributed by atoms with Gasteiger partial charge < -0.3 is 5.11 Å². The van der Waals surface area contributed by atoms with E-state index in [0.717, 1.165) is 29.9 Å². The highest BCUT2D eigenvalue weighted by atomic mass is 16.3. The second kappa shape index (κ2) is 5.10. The average molecular weight is 231 g/mol. The lowest BCUT2D eigenvalue weighted by Crippen LogP contribution is -2.05. The van der Waals surface area contributed by atoms with Crippen molar-refractivity contribution in [2.24, 2.45) is 0 Å². The van der Waals surface area contributed by atoms with E-state index in [9.17, 15) is 5.11 Å². The van der Waals surface area contributed by atoms with Gasteiger partial charge in [-0.3, -0.25) is 9.67 Å². The van der Waals surface area contributed by atoms with Crippen LogP contribution in [0.2, 0.25) is 0 Å². The van der Waals surface area contributed by atoms with Gasteiger partial charge in [-0.05, 0) is 38.0 Å². The summed E-state index contributed by atoms with van der Waals surface area (Å²) >= 11 is 0. The van der Waals surface area contributed by atoms with Gasteiger partial charge in [0.15, 0.2) is 0 Å². The van der Waals surface area contributed by atoms with E-state index in [-0.39, 0.29) is 6.61 Å². The van der Waals surface area contributed by atoms with Crippen LogP contribution in [0.4, 0.5) is 0 Å². The number of hydrogen-bond donors (Lipinski definition) is 1. The molecule has 0 radical (unpaired) electrons. The van der Waals surface area contributed by atoms with E-state index >= 15 is 0 Å². The molecule has 0 amide bonds. The van der Waals surface area contributed by atoms with E-state index in [4.69, 9.17) is 0 Å². The summed E-state index contributed by atoms with van der Waals surface area (Å²) in [6.07, 6.45) is 4.53. The summed E-state index contributed by atoms with van der Waals surface area (Å²) in [5, 5.41) is 13.7. The second-order valence-corrected chi connectivity index (χ2v) is 4.14. The second-order valence-electron chi connectivity index (χ2n) is 4.14. The molecule has 2 heterocycles. The van der Waals surface area contributed by atoms with E-state index in [2.05, 4.69) is 10.1 Å². The minimum absolute atomic E-state index is 0.0624. The summed E-state index contributed by atoms with van der Waals surface area (Å²) in [7, 11) is 0. The number of aliphatic hydroxyl groups is 1. The monoisotopic (exact) mass is 231 g/mol. The minimum Gasteiger partial charge on any atom is -0.392 e. The fourth-order valence-corrected chi connectivity index (χ4v) is 1.96. The molecule has 0 aliphatic carbocycles. The molecule has 2 aromatic rings. The van der Waals surface area contributed by atoms with Crippen LogP contribution in [0.5, 0.6) is 0 Å². The summed E-state index contributed by atoms with van der Waals surface area (Å²) < 4.78 is 1.96. The number of aryl methyl sites for hydroxylation is 3. The van der Waals surface area contributed by atoms with Crippen LogP contribution < -0.4 is 0 Å². The highest BCUT2D eigenvalue weighted by Crippen LogP contribution is 2.13. The quantitative estimate of drug-likeness (QED) is 0.870. The van der Waals surface area contributed by atoms with Crippen LogP contribution in [0.15, 0.2) is 24.5 Å². The van der Waals surface area contributed by atoms with Gasteiger partial charge in [-0.2, -0.15) is 5.10 Å². The number of nitrogens with zero attached hydrogens (tertiary/aromatic N) is 3. The van der Waals surface area contributed by atoms with Crippen LogP contribution in [-0.4, -0.2) is 19.9 Å². The Bertz CT molecular complexity index is 491. The van der Waals surface area contributed by atoms with Crippen molar-refractivity contribution in [1.82, 2.24) is 14.8 Å². The maximum atomic E-state index is 9.24. The minimum atomic E-state index is 0.0624. The molecular weight excluding hydrogens is 214 g/mol. The maximum absolute atomic E-state index is 9.24. The lowest BCUT2D eigenvalue weighted by Gasteiger charge is -2.04. The lowest BCUT2D eigenvalue weighted by atomic mass is 10.2. The molecule has 0 aliphatic rings. The zero-order valence-electron chi connectivity index (χ0n) is 10.2. The Labute approximate surface area is 101 Å². The standard InChI is InChI=1S/C13H17N3O/c1-10-13(9-17)11(2)16(15-10)8-5-12-3-6-14-7-4-12/h3-4,6-7,17H,5,8-9H2,1-2H3. The molecular formula is C13H17N3O. The number of aromatic nitrogens is 3. The molecule has 0 saturated carbocycles. The molecule has 1 N–H and O–H groups in total. The van der Waals surface area contributed by atoms with Gasteiger partial charge in [0.25, 0.3) is 0 Å². The largest absolute Gasteiger partial charge is 0.392 e. The van der Waals surface area contributed by atoms with Gasteiger partial charge in [0, 0.05) is 30.2 Å². The predicted octanol–water partition coefficient (Wildman–Crippen LogP) is 1.63. The Morgan fingerprint density at radius 3 is 2.53 bits per heavy atom.